The Hall–Kier alpha value is -1.78. The van der Waals surface area contributed by atoms with Gasteiger partial charge in [0.05, 0.1) is 17.4 Å². The summed E-state index contributed by atoms with van der Waals surface area (Å²) in [6, 6.07) is 8.36. The molecule has 0 heterocycles. The summed E-state index contributed by atoms with van der Waals surface area (Å²) < 4.78 is 22.7. The molecule has 0 aliphatic heterocycles. The summed E-state index contributed by atoms with van der Waals surface area (Å²) in [6.45, 7) is 0. The Morgan fingerprint density at radius 3 is 2.33 bits per heavy atom. The minimum Gasteiger partial charge on any atom is -0.228 e. The fourth-order valence-electron chi connectivity index (χ4n) is 1.11. The molecule has 76 valence electrons. The van der Waals surface area contributed by atoms with Gasteiger partial charge in [-0.1, -0.05) is 18.1 Å². The van der Waals surface area contributed by atoms with Gasteiger partial charge in [-0.15, -0.1) is 6.42 Å². The molecule has 0 unspecified atom stereocenters. The number of sulfone groups is 1. The van der Waals surface area contributed by atoms with Crippen molar-refractivity contribution in [1.29, 1.82) is 5.26 Å². The Morgan fingerprint density at radius 1 is 1.27 bits per heavy atom. The van der Waals surface area contributed by atoms with Crippen LogP contribution in [-0.4, -0.2) is 14.2 Å². The van der Waals surface area contributed by atoms with Crippen molar-refractivity contribution in [2.24, 2.45) is 0 Å². The molecule has 0 saturated carbocycles. The second kappa shape index (κ2) is 4.63. The molecule has 0 saturated heterocycles. The number of nitrogens with zero attached hydrogens (tertiary/aromatic N) is 1. The lowest BCUT2D eigenvalue weighted by atomic mass is 10.2. The molecule has 1 rings (SSSR count). The number of hydrogen-bond acceptors (Lipinski definition) is 3. The standard InChI is InChI=1S/C11H9NO2S/c1-2-7-15(13,14)9-11-5-3-10(8-12)4-6-11/h1,3-6H,7,9H2. The maximum Gasteiger partial charge on any atom is 0.165 e. The molecule has 0 aromatic heterocycles. The van der Waals surface area contributed by atoms with Gasteiger partial charge < -0.3 is 0 Å². The Bertz CT molecular complexity index is 515. The largest absolute Gasteiger partial charge is 0.228 e. The van der Waals surface area contributed by atoms with Gasteiger partial charge in [0, 0.05) is 0 Å². The first-order chi connectivity index (χ1) is 7.07. The minimum atomic E-state index is -3.22. The van der Waals surface area contributed by atoms with Crippen LogP contribution in [0.3, 0.4) is 0 Å². The van der Waals surface area contributed by atoms with Gasteiger partial charge in [0.2, 0.25) is 0 Å². The summed E-state index contributed by atoms with van der Waals surface area (Å²) in [5, 5.41) is 8.55. The zero-order valence-electron chi connectivity index (χ0n) is 7.97. The highest BCUT2D eigenvalue weighted by atomic mass is 32.2. The van der Waals surface area contributed by atoms with Crippen LogP contribution in [0.25, 0.3) is 0 Å². The minimum absolute atomic E-state index is 0.0804. The number of nitriles is 1. The predicted molar refractivity (Wildman–Crippen MR) is 57.5 cm³/mol. The van der Waals surface area contributed by atoms with Gasteiger partial charge in [0.1, 0.15) is 5.75 Å². The fourth-order valence-corrected chi connectivity index (χ4v) is 2.16. The third kappa shape index (κ3) is 3.46. The van der Waals surface area contributed by atoms with Crippen LogP contribution in [0.15, 0.2) is 24.3 Å². The van der Waals surface area contributed by atoms with Crippen molar-refractivity contribution in [1.82, 2.24) is 0 Å². The lowest BCUT2D eigenvalue weighted by Crippen LogP contribution is -2.07. The van der Waals surface area contributed by atoms with Crippen LogP contribution in [0.5, 0.6) is 0 Å². The summed E-state index contributed by atoms with van der Waals surface area (Å²) in [6.07, 6.45) is 4.94. The maximum absolute atomic E-state index is 11.3. The van der Waals surface area contributed by atoms with Crippen molar-refractivity contribution in [2.75, 3.05) is 5.75 Å². The van der Waals surface area contributed by atoms with E-state index in [9.17, 15) is 8.42 Å². The highest BCUT2D eigenvalue weighted by molar-refractivity contribution is 7.90. The predicted octanol–water partition coefficient (Wildman–Crippen LogP) is 1.11. The highest BCUT2D eigenvalue weighted by Crippen LogP contribution is 2.08. The van der Waals surface area contributed by atoms with E-state index >= 15 is 0 Å². The zero-order chi connectivity index (χ0) is 11.3. The Kier molecular flexibility index (Phi) is 3.49. The normalized spacial score (nSPS) is 10.3. The highest BCUT2D eigenvalue weighted by Gasteiger charge is 2.09. The molecule has 0 radical (unpaired) electrons. The van der Waals surface area contributed by atoms with E-state index in [1.165, 1.54) is 0 Å². The number of terminal acetylenes is 1. The van der Waals surface area contributed by atoms with Gasteiger partial charge in [-0.25, -0.2) is 8.42 Å². The molecular formula is C11H9NO2S. The SMILES string of the molecule is C#CCS(=O)(=O)Cc1ccc(C#N)cc1. The molecule has 1 aromatic rings. The van der Waals surface area contributed by atoms with Gasteiger partial charge in [-0.05, 0) is 17.7 Å². The fraction of sp³-hybridized carbons (Fsp3) is 0.182. The van der Waals surface area contributed by atoms with Crippen LogP contribution in [0.1, 0.15) is 11.1 Å². The van der Waals surface area contributed by atoms with Gasteiger partial charge in [-0.2, -0.15) is 5.26 Å². The van der Waals surface area contributed by atoms with Crippen LogP contribution in [0.2, 0.25) is 0 Å². The summed E-state index contributed by atoms with van der Waals surface area (Å²) in [7, 11) is -3.22. The van der Waals surface area contributed by atoms with Crippen molar-refractivity contribution < 1.29 is 8.42 Å². The molecule has 0 N–H and O–H groups in total. The van der Waals surface area contributed by atoms with Crippen LogP contribution >= 0.6 is 0 Å². The number of rotatable bonds is 3. The molecule has 0 bridgehead atoms. The third-order valence-corrected chi connectivity index (χ3v) is 3.15. The van der Waals surface area contributed by atoms with E-state index in [1.807, 2.05) is 6.07 Å². The first-order valence-corrected chi connectivity index (χ1v) is 6.02. The van der Waals surface area contributed by atoms with Gasteiger partial charge in [0.25, 0.3) is 0 Å². The molecule has 0 atom stereocenters. The maximum atomic E-state index is 11.3. The smallest absolute Gasteiger partial charge is 0.165 e. The van der Waals surface area contributed by atoms with E-state index in [1.54, 1.807) is 24.3 Å². The topological polar surface area (TPSA) is 57.9 Å². The molecule has 0 aliphatic carbocycles. The molecular weight excluding hydrogens is 210 g/mol. The zero-order valence-corrected chi connectivity index (χ0v) is 8.79. The molecule has 0 spiro atoms. The van der Waals surface area contributed by atoms with E-state index in [2.05, 4.69) is 5.92 Å². The van der Waals surface area contributed by atoms with Gasteiger partial charge in [-0.3, -0.25) is 0 Å². The molecule has 0 amide bonds. The Balaban J connectivity index is 2.84. The summed E-state index contributed by atoms with van der Waals surface area (Å²) in [5.41, 5.74) is 1.15. The van der Waals surface area contributed by atoms with Crippen LogP contribution in [0.4, 0.5) is 0 Å². The van der Waals surface area contributed by atoms with E-state index in [0.717, 1.165) is 0 Å². The second-order valence-corrected chi connectivity index (χ2v) is 5.11. The quantitative estimate of drug-likeness (QED) is 0.715. The van der Waals surface area contributed by atoms with Crippen LogP contribution < -0.4 is 0 Å². The number of hydrogen-bond donors (Lipinski definition) is 0. The first-order valence-electron chi connectivity index (χ1n) is 4.20. The third-order valence-electron chi connectivity index (χ3n) is 1.77. The van der Waals surface area contributed by atoms with E-state index in [4.69, 9.17) is 11.7 Å². The molecule has 0 fully saturated rings. The Morgan fingerprint density at radius 2 is 1.87 bits per heavy atom. The van der Waals surface area contributed by atoms with Crippen molar-refractivity contribution in [3.63, 3.8) is 0 Å². The van der Waals surface area contributed by atoms with Crippen molar-refractivity contribution in [2.45, 2.75) is 5.75 Å². The monoisotopic (exact) mass is 219 g/mol. The van der Waals surface area contributed by atoms with Gasteiger partial charge in [0.15, 0.2) is 9.84 Å². The number of benzene rings is 1. The molecule has 15 heavy (non-hydrogen) atoms. The van der Waals surface area contributed by atoms with E-state index in [-0.39, 0.29) is 11.5 Å². The van der Waals surface area contributed by atoms with Crippen LogP contribution in [-0.2, 0) is 15.6 Å². The van der Waals surface area contributed by atoms with E-state index < -0.39 is 9.84 Å². The second-order valence-electron chi connectivity index (χ2n) is 3.05. The lowest BCUT2D eigenvalue weighted by molar-refractivity contribution is 0.598. The summed E-state index contributed by atoms with van der Waals surface area (Å²) in [4.78, 5) is 0. The van der Waals surface area contributed by atoms with Crippen molar-refractivity contribution in [3.05, 3.63) is 35.4 Å². The molecule has 3 nitrogen and oxygen atoms in total. The Labute approximate surface area is 89.3 Å². The van der Waals surface area contributed by atoms with E-state index in [0.29, 0.717) is 11.1 Å². The lowest BCUT2D eigenvalue weighted by Gasteiger charge is -2.00. The molecule has 4 heteroatoms. The molecule has 0 aliphatic rings. The first kappa shape index (κ1) is 11.3. The molecule has 1 aromatic carbocycles. The average Bonchev–Trinajstić information content (AvgIpc) is 2.18. The summed E-state index contributed by atoms with van der Waals surface area (Å²) >= 11 is 0. The van der Waals surface area contributed by atoms with Crippen molar-refractivity contribution >= 4 is 9.84 Å². The van der Waals surface area contributed by atoms with Crippen LogP contribution in [0, 0.1) is 23.7 Å². The average molecular weight is 219 g/mol. The van der Waals surface area contributed by atoms with Gasteiger partial charge >= 0.3 is 0 Å². The van der Waals surface area contributed by atoms with Crippen molar-refractivity contribution in [3.8, 4) is 18.4 Å². The summed E-state index contributed by atoms with van der Waals surface area (Å²) in [5.74, 6) is 1.77.